The highest BCUT2D eigenvalue weighted by Gasteiger charge is 2.36. The summed E-state index contributed by atoms with van der Waals surface area (Å²) in [5.41, 5.74) is -0.510. The van der Waals surface area contributed by atoms with Crippen molar-refractivity contribution < 1.29 is 14.3 Å². The van der Waals surface area contributed by atoms with Gasteiger partial charge in [-0.05, 0) is 38.3 Å². The summed E-state index contributed by atoms with van der Waals surface area (Å²) in [4.78, 5) is 18.3. The van der Waals surface area contributed by atoms with E-state index in [1.807, 2.05) is 51.1 Å². The van der Waals surface area contributed by atoms with Gasteiger partial charge in [-0.2, -0.15) is 0 Å². The number of pyridine rings is 1. The van der Waals surface area contributed by atoms with E-state index in [0.717, 1.165) is 10.8 Å². The molecule has 134 valence electrons. The van der Waals surface area contributed by atoms with Crippen LogP contribution in [0.3, 0.4) is 0 Å². The largest absolute Gasteiger partial charge is 0.472 e. The molecule has 0 N–H and O–H groups in total. The van der Waals surface area contributed by atoms with E-state index < -0.39 is 5.60 Å². The third-order valence-corrected chi connectivity index (χ3v) is 4.33. The number of likely N-dealkylation sites (tertiary alicyclic amines) is 1. The molecule has 1 saturated heterocycles. The van der Waals surface area contributed by atoms with Gasteiger partial charge in [0.15, 0.2) is 0 Å². The molecule has 0 bridgehead atoms. The van der Waals surface area contributed by atoms with Crippen LogP contribution in [-0.2, 0) is 4.74 Å². The van der Waals surface area contributed by atoms with E-state index in [1.165, 1.54) is 0 Å². The lowest BCUT2D eigenvalue weighted by atomic mass is 10.1. The Labute approximate surface area is 152 Å². The van der Waals surface area contributed by atoms with E-state index in [-0.39, 0.29) is 18.1 Å². The van der Waals surface area contributed by atoms with Crippen LogP contribution < -0.4 is 4.74 Å². The van der Waals surface area contributed by atoms with Gasteiger partial charge in [0.25, 0.3) is 0 Å². The van der Waals surface area contributed by atoms with Crippen molar-refractivity contribution in [2.75, 3.05) is 13.1 Å². The van der Waals surface area contributed by atoms with Gasteiger partial charge in [-0.1, -0.05) is 36.7 Å². The summed E-state index contributed by atoms with van der Waals surface area (Å²) >= 11 is 6.12. The van der Waals surface area contributed by atoms with Crippen molar-refractivity contribution in [3.05, 3.63) is 35.5 Å². The van der Waals surface area contributed by atoms with Crippen molar-refractivity contribution in [1.29, 1.82) is 0 Å². The lowest BCUT2D eigenvalue weighted by molar-refractivity contribution is 0.0274. The first-order valence-corrected chi connectivity index (χ1v) is 8.80. The lowest BCUT2D eigenvalue weighted by Crippen LogP contribution is -2.36. The van der Waals surface area contributed by atoms with E-state index in [4.69, 9.17) is 21.1 Å². The number of amides is 1. The van der Waals surface area contributed by atoms with E-state index >= 15 is 0 Å². The molecule has 1 fully saturated rings. The summed E-state index contributed by atoms with van der Waals surface area (Å²) < 4.78 is 11.6. The fourth-order valence-electron chi connectivity index (χ4n) is 2.93. The fourth-order valence-corrected chi connectivity index (χ4v) is 3.13. The van der Waals surface area contributed by atoms with Crippen molar-refractivity contribution >= 4 is 28.5 Å². The number of nitrogens with zero attached hydrogens (tertiary/aromatic N) is 2. The van der Waals surface area contributed by atoms with E-state index in [1.54, 1.807) is 4.90 Å². The minimum atomic E-state index is -0.510. The minimum absolute atomic E-state index is 0.151. The van der Waals surface area contributed by atoms with Crippen LogP contribution in [0.2, 0.25) is 5.15 Å². The normalized spacial score (nSPS) is 20.8. The standard InChI is InChI=1S/C19H23ClN2O3/c1-12-10-22(18(23)25-19(2,3)4)11-15(12)24-17-14-8-6-5-7-13(14)9-16(20)21-17/h5-9,12,15H,10-11H2,1-4H3/t12-,15-/m0/s1. The molecule has 0 unspecified atom stereocenters. The molecular formula is C19H23ClN2O3. The van der Waals surface area contributed by atoms with Crippen molar-refractivity contribution in [2.24, 2.45) is 5.92 Å². The smallest absolute Gasteiger partial charge is 0.410 e. The number of ether oxygens (including phenoxy) is 2. The van der Waals surface area contributed by atoms with Crippen LogP contribution in [0.15, 0.2) is 30.3 Å². The van der Waals surface area contributed by atoms with E-state index in [0.29, 0.717) is 24.1 Å². The van der Waals surface area contributed by atoms with Gasteiger partial charge in [-0.25, -0.2) is 9.78 Å². The second-order valence-electron chi connectivity index (χ2n) is 7.49. The minimum Gasteiger partial charge on any atom is -0.472 e. The molecule has 25 heavy (non-hydrogen) atoms. The first kappa shape index (κ1) is 17.8. The first-order chi connectivity index (χ1) is 11.7. The molecule has 0 spiro atoms. The van der Waals surface area contributed by atoms with Crippen LogP contribution >= 0.6 is 11.6 Å². The topological polar surface area (TPSA) is 51.7 Å². The molecule has 5 nitrogen and oxygen atoms in total. The molecule has 0 aliphatic carbocycles. The SMILES string of the molecule is C[C@H]1CN(C(=O)OC(C)(C)C)C[C@@H]1Oc1nc(Cl)cc2ccccc12. The van der Waals surface area contributed by atoms with Crippen LogP contribution in [0.25, 0.3) is 10.8 Å². The Hall–Kier alpha value is -2.01. The summed E-state index contributed by atoms with van der Waals surface area (Å²) in [6.07, 6.45) is -0.462. The number of carbonyl (C=O) groups is 1. The number of rotatable bonds is 2. The van der Waals surface area contributed by atoms with Gasteiger partial charge in [0.05, 0.1) is 6.54 Å². The number of hydrogen-bond acceptors (Lipinski definition) is 4. The van der Waals surface area contributed by atoms with Gasteiger partial charge >= 0.3 is 6.09 Å². The number of halogens is 1. The quantitative estimate of drug-likeness (QED) is 0.737. The molecule has 2 aromatic rings. The number of hydrogen-bond donors (Lipinski definition) is 0. The predicted octanol–water partition coefficient (Wildman–Crippen LogP) is 4.52. The van der Waals surface area contributed by atoms with Crippen LogP contribution in [0.5, 0.6) is 5.88 Å². The van der Waals surface area contributed by atoms with Gasteiger partial charge in [-0.15, -0.1) is 0 Å². The van der Waals surface area contributed by atoms with Crippen LogP contribution in [0.1, 0.15) is 27.7 Å². The zero-order valence-electron chi connectivity index (χ0n) is 15.0. The van der Waals surface area contributed by atoms with Crippen LogP contribution in [-0.4, -0.2) is 40.8 Å². The molecule has 1 aliphatic heterocycles. The monoisotopic (exact) mass is 362 g/mol. The van der Waals surface area contributed by atoms with E-state index in [9.17, 15) is 4.79 Å². The van der Waals surface area contributed by atoms with Gasteiger partial charge in [0.1, 0.15) is 16.9 Å². The molecule has 1 aliphatic rings. The second-order valence-corrected chi connectivity index (χ2v) is 7.88. The third kappa shape index (κ3) is 4.15. The number of carbonyl (C=O) groups excluding carboxylic acids is 1. The molecule has 3 rings (SSSR count). The Morgan fingerprint density at radius 1 is 1.28 bits per heavy atom. The molecule has 6 heteroatoms. The molecule has 0 radical (unpaired) electrons. The lowest BCUT2D eigenvalue weighted by Gasteiger charge is -2.24. The zero-order chi connectivity index (χ0) is 18.2. The average molecular weight is 363 g/mol. The van der Waals surface area contributed by atoms with Gasteiger partial charge in [-0.3, -0.25) is 0 Å². The third-order valence-electron chi connectivity index (χ3n) is 4.13. The summed E-state index contributed by atoms with van der Waals surface area (Å²) in [6, 6.07) is 9.63. The molecule has 1 aromatic heterocycles. The molecule has 1 aromatic carbocycles. The molecule has 2 atom stereocenters. The summed E-state index contributed by atoms with van der Waals surface area (Å²) in [5, 5.41) is 2.28. The highest BCUT2D eigenvalue weighted by Crippen LogP contribution is 2.30. The Bertz CT molecular complexity index is 788. The summed E-state index contributed by atoms with van der Waals surface area (Å²) in [6.45, 7) is 8.71. The summed E-state index contributed by atoms with van der Waals surface area (Å²) in [5.74, 6) is 0.679. The fraction of sp³-hybridized carbons (Fsp3) is 0.474. The van der Waals surface area contributed by atoms with Crippen molar-refractivity contribution in [2.45, 2.75) is 39.4 Å². The number of benzene rings is 1. The van der Waals surface area contributed by atoms with Crippen molar-refractivity contribution in [3.8, 4) is 5.88 Å². The Kier molecular flexibility index (Phi) is 4.78. The van der Waals surface area contributed by atoms with Crippen LogP contribution in [0, 0.1) is 5.92 Å². The van der Waals surface area contributed by atoms with Gasteiger partial charge < -0.3 is 14.4 Å². The number of aromatic nitrogens is 1. The second kappa shape index (κ2) is 6.71. The maximum atomic E-state index is 12.3. The average Bonchev–Trinajstić information content (AvgIpc) is 2.87. The Balaban J connectivity index is 1.77. The highest BCUT2D eigenvalue weighted by molar-refractivity contribution is 6.30. The maximum Gasteiger partial charge on any atom is 0.410 e. The predicted molar refractivity (Wildman–Crippen MR) is 98.1 cm³/mol. The zero-order valence-corrected chi connectivity index (χ0v) is 15.7. The molecule has 2 heterocycles. The highest BCUT2D eigenvalue weighted by atomic mass is 35.5. The van der Waals surface area contributed by atoms with Crippen LogP contribution in [0.4, 0.5) is 4.79 Å². The summed E-state index contributed by atoms with van der Waals surface area (Å²) in [7, 11) is 0. The van der Waals surface area contributed by atoms with E-state index in [2.05, 4.69) is 11.9 Å². The maximum absolute atomic E-state index is 12.3. The Morgan fingerprint density at radius 3 is 2.72 bits per heavy atom. The van der Waals surface area contributed by atoms with Gasteiger partial charge in [0, 0.05) is 17.8 Å². The first-order valence-electron chi connectivity index (χ1n) is 8.43. The number of fused-ring (bicyclic) bond motifs is 1. The molecule has 0 saturated carbocycles. The molecular weight excluding hydrogens is 340 g/mol. The van der Waals surface area contributed by atoms with Crippen molar-refractivity contribution in [3.63, 3.8) is 0 Å². The Morgan fingerprint density at radius 2 is 2.00 bits per heavy atom. The van der Waals surface area contributed by atoms with Gasteiger partial charge in [0.2, 0.25) is 5.88 Å². The van der Waals surface area contributed by atoms with Crippen molar-refractivity contribution in [1.82, 2.24) is 9.88 Å². The molecule has 1 amide bonds.